The summed E-state index contributed by atoms with van der Waals surface area (Å²) in [5.41, 5.74) is 6.86. The molecule has 0 aromatic carbocycles. The normalized spacial score (nSPS) is 36.6. The van der Waals surface area contributed by atoms with Gasteiger partial charge in [-0.2, -0.15) is 0 Å². The highest BCUT2D eigenvalue weighted by Crippen LogP contribution is 2.37. The van der Waals surface area contributed by atoms with Gasteiger partial charge >= 0.3 is 0 Å². The molecule has 3 fully saturated rings. The number of aliphatic hydroxyl groups is 2. The Morgan fingerprint density at radius 2 is 2.18 bits per heavy atom. The number of anilines is 1. The Balaban J connectivity index is 1.33. The van der Waals surface area contributed by atoms with E-state index in [1.54, 1.807) is 10.8 Å². The van der Waals surface area contributed by atoms with Crippen LogP contribution in [0.25, 0.3) is 11.0 Å². The van der Waals surface area contributed by atoms with Gasteiger partial charge in [-0.3, -0.25) is 0 Å². The van der Waals surface area contributed by atoms with Gasteiger partial charge in [0.25, 0.3) is 0 Å². The largest absolute Gasteiger partial charge is 0.387 e. The van der Waals surface area contributed by atoms with Crippen LogP contribution in [-0.4, -0.2) is 80.7 Å². The number of fused-ring (bicyclic) bond motifs is 1. The first-order valence-corrected chi connectivity index (χ1v) is 10.1. The second-order valence-electron chi connectivity index (χ2n) is 8.53. The highest BCUT2D eigenvalue weighted by molar-refractivity contribution is 5.86. The van der Waals surface area contributed by atoms with E-state index < -0.39 is 24.5 Å². The standard InChI is InChI=1S/C19H28N6O3/c20-16-12-2-7-25(17(12)23-11-22-16)18-15(27)14(26)13(28-18)8-24-6-1-3-19(10-24)4-5-21-9-19/h2,7,11,13-15,18,21,26-27H,1,3-6,8-10H2,(H2,20,22,23)/t13-,14-,15-,18-,19?/m1/s1. The van der Waals surface area contributed by atoms with E-state index in [0.29, 0.717) is 28.8 Å². The second-order valence-corrected chi connectivity index (χ2v) is 8.53. The molecule has 0 amide bonds. The van der Waals surface area contributed by atoms with E-state index in [-0.39, 0.29) is 0 Å². The number of ether oxygens (including phenoxy) is 1. The lowest BCUT2D eigenvalue weighted by atomic mass is 9.79. The van der Waals surface area contributed by atoms with Crippen LogP contribution >= 0.6 is 0 Å². The third kappa shape index (κ3) is 2.98. The van der Waals surface area contributed by atoms with Crippen molar-refractivity contribution in [2.75, 3.05) is 38.5 Å². The minimum atomic E-state index is -1.02. The Labute approximate surface area is 163 Å². The van der Waals surface area contributed by atoms with Crippen molar-refractivity contribution in [3.05, 3.63) is 18.6 Å². The van der Waals surface area contributed by atoms with Crippen molar-refractivity contribution < 1.29 is 14.9 Å². The van der Waals surface area contributed by atoms with Gasteiger partial charge in [-0.05, 0) is 43.8 Å². The fourth-order valence-corrected chi connectivity index (χ4v) is 5.17. The third-order valence-corrected chi connectivity index (χ3v) is 6.66. The second kappa shape index (κ2) is 6.93. The van der Waals surface area contributed by atoms with E-state index in [2.05, 4.69) is 20.2 Å². The van der Waals surface area contributed by atoms with E-state index in [1.165, 1.54) is 19.2 Å². The number of aliphatic hydroxyl groups excluding tert-OH is 2. The van der Waals surface area contributed by atoms with Gasteiger partial charge in [0.2, 0.25) is 0 Å². The predicted molar refractivity (Wildman–Crippen MR) is 103 cm³/mol. The Bertz CT molecular complexity index is 851. The molecule has 3 aliphatic heterocycles. The molecule has 2 aromatic heterocycles. The molecule has 0 radical (unpaired) electrons. The number of nitrogens with zero attached hydrogens (tertiary/aromatic N) is 4. The summed E-state index contributed by atoms with van der Waals surface area (Å²) in [5, 5.41) is 25.5. The molecule has 0 bridgehead atoms. The minimum Gasteiger partial charge on any atom is -0.387 e. The third-order valence-electron chi connectivity index (χ3n) is 6.66. The summed E-state index contributed by atoms with van der Waals surface area (Å²) in [6.45, 7) is 4.80. The van der Waals surface area contributed by atoms with Crippen molar-refractivity contribution in [3.8, 4) is 0 Å². The van der Waals surface area contributed by atoms with Gasteiger partial charge in [0.1, 0.15) is 36.1 Å². The van der Waals surface area contributed by atoms with E-state index in [0.717, 1.165) is 32.6 Å². The average Bonchev–Trinajstić information content (AvgIpc) is 3.38. The van der Waals surface area contributed by atoms with Crippen molar-refractivity contribution >= 4 is 16.9 Å². The number of nitrogens with one attached hydrogen (secondary N) is 1. The summed E-state index contributed by atoms with van der Waals surface area (Å²) >= 11 is 0. The first-order valence-electron chi connectivity index (χ1n) is 10.1. The van der Waals surface area contributed by atoms with Crippen LogP contribution in [0.1, 0.15) is 25.5 Å². The summed E-state index contributed by atoms with van der Waals surface area (Å²) in [5.74, 6) is 0.386. The zero-order chi connectivity index (χ0) is 19.3. The topological polar surface area (TPSA) is 122 Å². The zero-order valence-corrected chi connectivity index (χ0v) is 15.9. The lowest BCUT2D eigenvalue weighted by Crippen LogP contribution is -2.48. The molecule has 5 heterocycles. The van der Waals surface area contributed by atoms with Crippen LogP contribution in [0.3, 0.4) is 0 Å². The monoisotopic (exact) mass is 388 g/mol. The maximum atomic E-state index is 10.7. The number of nitrogen functional groups attached to an aromatic ring is 1. The average molecular weight is 388 g/mol. The van der Waals surface area contributed by atoms with Crippen LogP contribution in [0.15, 0.2) is 18.6 Å². The number of likely N-dealkylation sites (tertiary alicyclic amines) is 1. The summed E-state index contributed by atoms with van der Waals surface area (Å²) < 4.78 is 7.87. The molecule has 0 aliphatic carbocycles. The molecular weight excluding hydrogens is 360 g/mol. The maximum absolute atomic E-state index is 10.7. The number of nitrogens with two attached hydrogens (primary N) is 1. The van der Waals surface area contributed by atoms with Crippen LogP contribution in [0.2, 0.25) is 0 Å². The van der Waals surface area contributed by atoms with E-state index in [9.17, 15) is 10.2 Å². The SMILES string of the molecule is Nc1ncnc2c1ccn2[C@@H]1O[C@H](CN2CCCC3(CCNC3)C2)[C@@H](O)[C@H]1O. The Hall–Kier alpha value is -1.78. The van der Waals surface area contributed by atoms with Gasteiger partial charge < -0.3 is 35.5 Å². The van der Waals surface area contributed by atoms with Crippen LogP contribution < -0.4 is 11.1 Å². The first-order chi connectivity index (χ1) is 13.6. The Kier molecular flexibility index (Phi) is 4.52. The molecule has 3 aliphatic rings. The summed E-state index contributed by atoms with van der Waals surface area (Å²) in [4.78, 5) is 10.7. The van der Waals surface area contributed by atoms with Crippen molar-refractivity contribution in [1.82, 2.24) is 24.8 Å². The van der Waals surface area contributed by atoms with Gasteiger partial charge in [0.05, 0.1) is 5.39 Å². The molecule has 5 N–H and O–H groups in total. The van der Waals surface area contributed by atoms with Crippen molar-refractivity contribution in [2.24, 2.45) is 5.41 Å². The van der Waals surface area contributed by atoms with Gasteiger partial charge in [-0.1, -0.05) is 0 Å². The van der Waals surface area contributed by atoms with Gasteiger partial charge in [-0.25, -0.2) is 9.97 Å². The van der Waals surface area contributed by atoms with Crippen LogP contribution in [0.4, 0.5) is 5.82 Å². The lowest BCUT2D eigenvalue weighted by molar-refractivity contribution is -0.0506. The molecule has 9 heteroatoms. The Morgan fingerprint density at radius 3 is 3.00 bits per heavy atom. The van der Waals surface area contributed by atoms with E-state index in [1.807, 2.05) is 6.07 Å². The molecule has 5 rings (SSSR count). The number of hydrogen-bond acceptors (Lipinski definition) is 8. The quantitative estimate of drug-likeness (QED) is 0.566. The fourth-order valence-electron chi connectivity index (χ4n) is 5.17. The zero-order valence-electron chi connectivity index (χ0n) is 15.9. The van der Waals surface area contributed by atoms with Crippen molar-refractivity contribution in [2.45, 2.75) is 43.8 Å². The molecular formula is C19H28N6O3. The predicted octanol–water partition coefficient (Wildman–Crippen LogP) is -0.292. The summed E-state index contributed by atoms with van der Waals surface area (Å²) in [6, 6.07) is 1.81. The lowest BCUT2D eigenvalue weighted by Gasteiger charge is -2.41. The maximum Gasteiger partial charge on any atom is 0.164 e. The molecule has 2 aromatic rings. The molecule has 1 spiro atoms. The van der Waals surface area contributed by atoms with Gasteiger partial charge in [-0.15, -0.1) is 0 Å². The minimum absolute atomic E-state index is 0.352. The highest BCUT2D eigenvalue weighted by atomic mass is 16.6. The highest BCUT2D eigenvalue weighted by Gasteiger charge is 2.46. The van der Waals surface area contributed by atoms with E-state index >= 15 is 0 Å². The molecule has 28 heavy (non-hydrogen) atoms. The fraction of sp³-hybridized carbons (Fsp3) is 0.684. The molecule has 0 saturated carbocycles. The smallest absolute Gasteiger partial charge is 0.164 e. The number of aromatic nitrogens is 3. The van der Waals surface area contributed by atoms with Gasteiger partial charge in [0.15, 0.2) is 6.23 Å². The molecule has 152 valence electrons. The first kappa shape index (κ1) is 18.3. The van der Waals surface area contributed by atoms with Crippen LogP contribution in [0, 0.1) is 5.41 Å². The number of hydrogen-bond donors (Lipinski definition) is 4. The Morgan fingerprint density at radius 1 is 1.29 bits per heavy atom. The van der Waals surface area contributed by atoms with Crippen LogP contribution in [-0.2, 0) is 4.74 Å². The van der Waals surface area contributed by atoms with E-state index in [4.69, 9.17) is 10.5 Å². The molecule has 9 nitrogen and oxygen atoms in total. The summed E-state index contributed by atoms with van der Waals surface area (Å²) in [7, 11) is 0. The van der Waals surface area contributed by atoms with Crippen molar-refractivity contribution in [1.29, 1.82) is 0 Å². The van der Waals surface area contributed by atoms with Crippen molar-refractivity contribution in [3.63, 3.8) is 0 Å². The number of rotatable bonds is 3. The molecule has 5 atom stereocenters. The molecule has 3 saturated heterocycles. The summed E-state index contributed by atoms with van der Waals surface area (Å²) in [6.07, 6.45) is 3.69. The van der Waals surface area contributed by atoms with Gasteiger partial charge in [0, 0.05) is 25.8 Å². The number of piperidine rings is 1. The molecule has 1 unspecified atom stereocenters. The van der Waals surface area contributed by atoms with Crippen LogP contribution in [0.5, 0.6) is 0 Å².